The van der Waals surface area contributed by atoms with Gasteiger partial charge in [-0.05, 0) is 36.4 Å². The Morgan fingerprint density at radius 1 is 1.10 bits per heavy atom. The first-order valence-electron chi connectivity index (χ1n) is 8.18. The van der Waals surface area contributed by atoms with Crippen LogP contribution in [0.1, 0.15) is 5.56 Å². The number of hydrogen-bond acceptors (Lipinski definition) is 5. The van der Waals surface area contributed by atoms with E-state index in [0.717, 1.165) is 0 Å². The fourth-order valence-electron chi connectivity index (χ4n) is 2.42. The molecular formula is C19H13BrClN3O5. The van der Waals surface area contributed by atoms with E-state index in [2.05, 4.69) is 21.2 Å². The van der Waals surface area contributed by atoms with Gasteiger partial charge in [0.25, 0.3) is 17.7 Å². The number of imide groups is 2. The van der Waals surface area contributed by atoms with Gasteiger partial charge in [0.05, 0.1) is 10.7 Å². The summed E-state index contributed by atoms with van der Waals surface area (Å²) in [6.07, 6.45) is 1.27. The average molecular weight is 479 g/mol. The molecule has 1 aliphatic rings. The Kier molecular flexibility index (Phi) is 6.30. The predicted octanol–water partition coefficient (Wildman–Crippen LogP) is 2.87. The van der Waals surface area contributed by atoms with Gasteiger partial charge in [-0.15, -0.1) is 0 Å². The van der Waals surface area contributed by atoms with Crippen molar-refractivity contribution in [1.29, 1.82) is 0 Å². The second-order valence-electron chi connectivity index (χ2n) is 5.79. The quantitative estimate of drug-likeness (QED) is 0.452. The van der Waals surface area contributed by atoms with E-state index in [9.17, 15) is 19.2 Å². The maximum atomic E-state index is 12.2. The third-order valence-corrected chi connectivity index (χ3v) is 4.54. The van der Waals surface area contributed by atoms with Crippen LogP contribution in [-0.4, -0.2) is 30.4 Å². The Morgan fingerprint density at radius 2 is 1.79 bits per heavy atom. The molecule has 0 aromatic heterocycles. The van der Waals surface area contributed by atoms with Crippen LogP contribution >= 0.6 is 27.5 Å². The van der Waals surface area contributed by atoms with Crippen molar-refractivity contribution < 1.29 is 23.9 Å². The molecule has 1 fully saturated rings. The minimum absolute atomic E-state index is 0.257. The summed E-state index contributed by atoms with van der Waals surface area (Å²) in [4.78, 5) is 47.2. The van der Waals surface area contributed by atoms with Gasteiger partial charge in [0.2, 0.25) is 0 Å². The molecule has 2 aromatic carbocycles. The number of amides is 5. The highest BCUT2D eigenvalue weighted by atomic mass is 79.9. The van der Waals surface area contributed by atoms with Crippen LogP contribution < -0.4 is 20.7 Å². The number of benzene rings is 2. The zero-order valence-corrected chi connectivity index (χ0v) is 17.0. The van der Waals surface area contributed by atoms with E-state index in [-0.39, 0.29) is 17.9 Å². The topological polar surface area (TPSA) is 114 Å². The fourth-order valence-corrected chi connectivity index (χ4v) is 2.98. The zero-order chi connectivity index (χ0) is 21.0. The van der Waals surface area contributed by atoms with Crippen molar-refractivity contribution in [3.8, 4) is 5.75 Å². The second-order valence-corrected chi connectivity index (χ2v) is 7.12. The summed E-state index contributed by atoms with van der Waals surface area (Å²) in [5.41, 5.74) is 0.536. The van der Waals surface area contributed by atoms with E-state index < -0.39 is 23.8 Å². The van der Waals surface area contributed by atoms with Crippen molar-refractivity contribution in [3.63, 3.8) is 0 Å². The van der Waals surface area contributed by atoms with Crippen LogP contribution in [-0.2, 0) is 14.4 Å². The molecule has 3 N–H and O–H groups in total. The van der Waals surface area contributed by atoms with Crippen LogP contribution in [0.15, 0.2) is 52.5 Å². The lowest BCUT2D eigenvalue weighted by Crippen LogP contribution is -2.51. The van der Waals surface area contributed by atoms with Gasteiger partial charge >= 0.3 is 6.03 Å². The predicted molar refractivity (Wildman–Crippen MR) is 109 cm³/mol. The highest BCUT2D eigenvalue weighted by molar-refractivity contribution is 9.10. The van der Waals surface area contributed by atoms with E-state index in [4.69, 9.17) is 16.3 Å². The molecule has 1 aliphatic heterocycles. The molecule has 8 nitrogen and oxygen atoms in total. The second kappa shape index (κ2) is 8.89. The number of para-hydroxylation sites is 1. The number of nitrogens with one attached hydrogen (secondary N) is 3. The van der Waals surface area contributed by atoms with Crippen LogP contribution in [0.5, 0.6) is 5.75 Å². The van der Waals surface area contributed by atoms with Crippen molar-refractivity contribution >= 4 is 63.0 Å². The normalized spacial score (nSPS) is 13.4. The van der Waals surface area contributed by atoms with E-state index >= 15 is 0 Å². The number of carbonyl (C=O) groups excluding carboxylic acids is 4. The Labute approximate surface area is 178 Å². The molecule has 0 unspecified atom stereocenters. The van der Waals surface area contributed by atoms with Gasteiger partial charge in [-0.2, -0.15) is 0 Å². The number of hydrogen-bond donors (Lipinski definition) is 3. The Hall–Kier alpha value is -3.17. The Balaban J connectivity index is 1.77. The summed E-state index contributed by atoms with van der Waals surface area (Å²) >= 11 is 9.31. The van der Waals surface area contributed by atoms with Crippen LogP contribution in [0.3, 0.4) is 0 Å². The first-order chi connectivity index (χ1) is 13.8. The summed E-state index contributed by atoms with van der Waals surface area (Å²) in [6.45, 7) is -0.333. The van der Waals surface area contributed by atoms with Crippen molar-refractivity contribution in [2.24, 2.45) is 0 Å². The molecule has 148 valence electrons. The minimum Gasteiger partial charge on any atom is -0.483 e. The Bertz CT molecular complexity index is 1030. The molecule has 5 amide bonds. The number of carbonyl (C=O) groups is 4. The average Bonchev–Trinajstić information content (AvgIpc) is 2.66. The molecule has 1 heterocycles. The van der Waals surface area contributed by atoms with E-state index in [0.29, 0.717) is 20.7 Å². The number of urea groups is 1. The van der Waals surface area contributed by atoms with Gasteiger partial charge in [0.1, 0.15) is 11.3 Å². The van der Waals surface area contributed by atoms with Crippen LogP contribution in [0, 0.1) is 0 Å². The van der Waals surface area contributed by atoms with Gasteiger partial charge in [0, 0.05) is 10.0 Å². The SMILES string of the molecule is O=C(COc1ccc(Br)cc1C=C1C(=O)NC(=O)NC1=O)Nc1ccccc1Cl. The van der Waals surface area contributed by atoms with Gasteiger partial charge in [0.15, 0.2) is 6.61 Å². The molecule has 0 bridgehead atoms. The molecular weight excluding hydrogens is 466 g/mol. The molecule has 29 heavy (non-hydrogen) atoms. The van der Waals surface area contributed by atoms with Crippen LogP contribution in [0.4, 0.5) is 10.5 Å². The molecule has 0 atom stereocenters. The van der Waals surface area contributed by atoms with Crippen LogP contribution in [0.2, 0.25) is 5.02 Å². The largest absolute Gasteiger partial charge is 0.483 e. The molecule has 0 radical (unpaired) electrons. The van der Waals surface area contributed by atoms with E-state index in [1.54, 1.807) is 42.5 Å². The summed E-state index contributed by atoms with van der Waals surface area (Å²) in [7, 11) is 0. The molecule has 2 aromatic rings. The smallest absolute Gasteiger partial charge is 0.328 e. The van der Waals surface area contributed by atoms with Crippen molar-refractivity contribution in [2.45, 2.75) is 0 Å². The standard InChI is InChI=1S/C19H13BrClN3O5/c20-11-5-6-15(29-9-16(25)22-14-4-2-1-3-13(14)21)10(7-11)8-12-17(26)23-19(28)24-18(12)27/h1-8H,9H2,(H,22,25)(H2,23,24,26,27,28). The summed E-state index contributed by atoms with van der Waals surface area (Å²) in [5.74, 6) is -1.85. The molecule has 10 heteroatoms. The highest BCUT2D eigenvalue weighted by Crippen LogP contribution is 2.26. The fraction of sp³-hybridized carbons (Fsp3) is 0.0526. The highest BCUT2D eigenvalue weighted by Gasteiger charge is 2.28. The number of anilines is 1. The number of ether oxygens (including phenoxy) is 1. The van der Waals surface area contributed by atoms with E-state index in [1.165, 1.54) is 6.08 Å². The van der Waals surface area contributed by atoms with Crippen LogP contribution in [0.25, 0.3) is 6.08 Å². The molecule has 3 rings (SSSR count). The lowest BCUT2D eigenvalue weighted by atomic mass is 10.1. The summed E-state index contributed by atoms with van der Waals surface area (Å²) < 4.78 is 6.21. The lowest BCUT2D eigenvalue weighted by molar-refractivity contribution is -0.124. The molecule has 1 saturated heterocycles. The van der Waals surface area contributed by atoms with Crippen molar-refractivity contribution in [3.05, 3.63) is 63.1 Å². The number of rotatable bonds is 5. The molecule has 0 spiro atoms. The number of barbiturate groups is 1. The lowest BCUT2D eigenvalue weighted by Gasteiger charge is -2.15. The maximum Gasteiger partial charge on any atom is 0.328 e. The van der Waals surface area contributed by atoms with Gasteiger partial charge in [-0.3, -0.25) is 25.0 Å². The van der Waals surface area contributed by atoms with Gasteiger partial charge in [-0.25, -0.2) is 4.79 Å². The first kappa shape index (κ1) is 20.6. The van der Waals surface area contributed by atoms with Gasteiger partial charge < -0.3 is 10.1 Å². The molecule has 0 saturated carbocycles. The maximum absolute atomic E-state index is 12.2. The number of halogens is 2. The minimum atomic E-state index is -0.890. The zero-order valence-electron chi connectivity index (χ0n) is 14.6. The van der Waals surface area contributed by atoms with Crippen molar-refractivity contribution in [1.82, 2.24) is 10.6 Å². The van der Waals surface area contributed by atoms with E-state index in [1.807, 2.05) is 10.6 Å². The first-order valence-corrected chi connectivity index (χ1v) is 9.35. The van der Waals surface area contributed by atoms with Gasteiger partial charge in [-0.1, -0.05) is 39.7 Å². The summed E-state index contributed by atoms with van der Waals surface area (Å²) in [6, 6.07) is 10.7. The third-order valence-electron chi connectivity index (χ3n) is 3.72. The summed E-state index contributed by atoms with van der Waals surface area (Å²) in [5, 5.41) is 6.99. The van der Waals surface area contributed by atoms with Crippen molar-refractivity contribution in [2.75, 3.05) is 11.9 Å². The third kappa shape index (κ3) is 5.21. The molecule has 0 aliphatic carbocycles. The monoisotopic (exact) mass is 477 g/mol. The Morgan fingerprint density at radius 3 is 2.48 bits per heavy atom.